The fourth-order valence-electron chi connectivity index (χ4n) is 1.87. The highest BCUT2D eigenvalue weighted by atomic mass is 16.5. The van der Waals surface area contributed by atoms with E-state index >= 15 is 0 Å². The number of fused-ring (bicyclic) bond motifs is 1. The molecule has 0 atom stereocenters. The van der Waals surface area contributed by atoms with Gasteiger partial charge in [0.05, 0.1) is 6.54 Å². The molecule has 0 radical (unpaired) electrons. The van der Waals surface area contributed by atoms with Gasteiger partial charge < -0.3 is 9.84 Å². The molecule has 0 aliphatic heterocycles. The van der Waals surface area contributed by atoms with Crippen molar-refractivity contribution in [3.63, 3.8) is 0 Å². The van der Waals surface area contributed by atoms with Gasteiger partial charge in [-0.25, -0.2) is 19.3 Å². The van der Waals surface area contributed by atoms with Gasteiger partial charge in [0, 0.05) is 12.1 Å². The predicted octanol–water partition coefficient (Wildman–Crippen LogP) is 0.635. The molecule has 3 heterocycles. The van der Waals surface area contributed by atoms with Gasteiger partial charge in [-0.2, -0.15) is 5.10 Å². The molecule has 0 saturated carbocycles. The maximum Gasteiger partial charge on any atom is 0.349 e. The van der Waals surface area contributed by atoms with Gasteiger partial charge in [0.2, 0.25) is 0 Å². The van der Waals surface area contributed by atoms with E-state index in [2.05, 4.69) is 25.7 Å². The van der Waals surface area contributed by atoms with Crippen molar-refractivity contribution in [2.75, 3.05) is 5.32 Å². The van der Waals surface area contributed by atoms with E-state index in [1.165, 1.54) is 4.40 Å². The van der Waals surface area contributed by atoms with Crippen molar-refractivity contribution in [3.05, 3.63) is 39.9 Å². The standard InChI is InChI=1S/C11H12N6O2/c1-6-3-8(16-19-6)5-12-9-4-10-14-15-11(18)17(10)7(2)13-9/h3-4,12H,5H2,1-2H3,(H,15,18). The molecule has 8 nitrogen and oxygen atoms in total. The number of rotatable bonds is 3. The van der Waals surface area contributed by atoms with E-state index in [-0.39, 0.29) is 5.69 Å². The maximum absolute atomic E-state index is 11.5. The normalized spacial score (nSPS) is 11.1. The smallest absolute Gasteiger partial charge is 0.349 e. The molecule has 0 fully saturated rings. The van der Waals surface area contributed by atoms with Crippen molar-refractivity contribution < 1.29 is 4.52 Å². The number of H-pyrrole nitrogens is 1. The summed E-state index contributed by atoms with van der Waals surface area (Å²) < 4.78 is 6.39. The molecule has 19 heavy (non-hydrogen) atoms. The quantitative estimate of drug-likeness (QED) is 0.716. The zero-order valence-electron chi connectivity index (χ0n) is 10.5. The number of nitrogens with zero attached hydrogens (tertiary/aromatic N) is 4. The fraction of sp³-hybridized carbons (Fsp3) is 0.273. The van der Waals surface area contributed by atoms with Crippen LogP contribution in [-0.4, -0.2) is 24.7 Å². The van der Waals surface area contributed by atoms with Gasteiger partial charge >= 0.3 is 5.69 Å². The van der Waals surface area contributed by atoms with Gasteiger partial charge in [-0.05, 0) is 13.8 Å². The molecule has 98 valence electrons. The monoisotopic (exact) mass is 260 g/mol. The van der Waals surface area contributed by atoms with Gasteiger partial charge in [-0.3, -0.25) is 0 Å². The third kappa shape index (κ3) is 2.07. The van der Waals surface area contributed by atoms with Crippen LogP contribution in [0.15, 0.2) is 21.5 Å². The maximum atomic E-state index is 11.5. The highest BCUT2D eigenvalue weighted by Gasteiger charge is 2.07. The molecule has 0 bridgehead atoms. The summed E-state index contributed by atoms with van der Waals surface area (Å²) >= 11 is 0. The van der Waals surface area contributed by atoms with Crippen LogP contribution < -0.4 is 11.0 Å². The Hall–Kier alpha value is -2.64. The highest BCUT2D eigenvalue weighted by Crippen LogP contribution is 2.10. The lowest BCUT2D eigenvalue weighted by molar-refractivity contribution is 0.391. The minimum Gasteiger partial charge on any atom is -0.364 e. The largest absolute Gasteiger partial charge is 0.364 e. The fourth-order valence-corrected chi connectivity index (χ4v) is 1.87. The van der Waals surface area contributed by atoms with E-state index in [0.29, 0.717) is 23.8 Å². The van der Waals surface area contributed by atoms with Crippen molar-refractivity contribution in [2.24, 2.45) is 0 Å². The van der Waals surface area contributed by atoms with Gasteiger partial charge in [0.15, 0.2) is 5.65 Å². The van der Waals surface area contributed by atoms with E-state index in [1.807, 2.05) is 13.0 Å². The van der Waals surface area contributed by atoms with Crippen LogP contribution in [0.3, 0.4) is 0 Å². The van der Waals surface area contributed by atoms with Gasteiger partial charge in [0.1, 0.15) is 23.1 Å². The molecule has 8 heteroatoms. The van der Waals surface area contributed by atoms with Crippen LogP contribution in [0.4, 0.5) is 5.82 Å². The summed E-state index contributed by atoms with van der Waals surface area (Å²) in [6.45, 7) is 4.07. The summed E-state index contributed by atoms with van der Waals surface area (Å²) in [5, 5.41) is 13.3. The second-order valence-corrected chi connectivity index (χ2v) is 4.19. The molecule has 0 aliphatic rings. The van der Waals surface area contributed by atoms with Gasteiger partial charge in [0.25, 0.3) is 0 Å². The average molecular weight is 260 g/mol. The number of hydrogen-bond acceptors (Lipinski definition) is 6. The molecule has 0 spiro atoms. The van der Waals surface area contributed by atoms with Crippen LogP contribution in [0.25, 0.3) is 5.65 Å². The van der Waals surface area contributed by atoms with E-state index in [1.54, 1.807) is 13.0 Å². The zero-order chi connectivity index (χ0) is 13.4. The average Bonchev–Trinajstić information content (AvgIpc) is 2.94. The summed E-state index contributed by atoms with van der Waals surface area (Å²) in [6.07, 6.45) is 0. The van der Waals surface area contributed by atoms with Crippen molar-refractivity contribution in [1.29, 1.82) is 0 Å². The third-order valence-corrected chi connectivity index (χ3v) is 2.70. The molecule has 0 aromatic carbocycles. The Bertz CT molecular complexity index is 784. The minimum atomic E-state index is -0.293. The van der Waals surface area contributed by atoms with Crippen molar-refractivity contribution in [2.45, 2.75) is 20.4 Å². The second kappa shape index (κ2) is 4.23. The summed E-state index contributed by atoms with van der Waals surface area (Å²) in [7, 11) is 0. The molecule has 3 aromatic rings. The van der Waals surface area contributed by atoms with Crippen molar-refractivity contribution in [3.8, 4) is 0 Å². The molecule has 3 rings (SSSR count). The lowest BCUT2D eigenvalue weighted by Gasteiger charge is -2.05. The van der Waals surface area contributed by atoms with E-state index in [9.17, 15) is 4.79 Å². The van der Waals surface area contributed by atoms with Gasteiger partial charge in [-0.15, -0.1) is 0 Å². The Balaban J connectivity index is 1.87. The molecule has 0 saturated heterocycles. The second-order valence-electron chi connectivity index (χ2n) is 4.19. The molecule has 0 unspecified atom stereocenters. The molecule has 3 aromatic heterocycles. The van der Waals surface area contributed by atoms with E-state index in [0.717, 1.165) is 11.5 Å². The lowest BCUT2D eigenvalue weighted by atomic mass is 10.4. The number of aryl methyl sites for hydroxylation is 2. The summed E-state index contributed by atoms with van der Waals surface area (Å²) in [5.41, 5.74) is 1.02. The summed E-state index contributed by atoms with van der Waals surface area (Å²) in [6, 6.07) is 3.54. The number of aromatic nitrogens is 5. The molecular weight excluding hydrogens is 248 g/mol. The van der Waals surface area contributed by atoms with Crippen LogP contribution in [0.2, 0.25) is 0 Å². The van der Waals surface area contributed by atoms with Crippen molar-refractivity contribution >= 4 is 11.5 Å². The molecule has 0 amide bonds. The Morgan fingerprint density at radius 2 is 2.26 bits per heavy atom. The lowest BCUT2D eigenvalue weighted by Crippen LogP contribution is -2.14. The first kappa shape index (κ1) is 11.5. The van der Waals surface area contributed by atoms with Crippen LogP contribution in [-0.2, 0) is 6.54 Å². The first-order chi connectivity index (χ1) is 9.13. The summed E-state index contributed by atoms with van der Waals surface area (Å²) in [5.74, 6) is 1.95. The zero-order valence-corrected chi connectivity index (χ0v) is 10.5. The Labute approximate surface area is 107 Å². The highest BCUT2D eigenvalue weighted by molar-refractivity contribution is 5.49. The van der Waals surface area contributed by atoms with Crippen LogP contribution in [0, 0.1) is 13.8 Å². The molecule has 2 N–H and O–H groups in total. The van der Waals surface area contributed by atoms with Crippen LogP contribution >= 0.6 is 0 Å². The number of aromatic amines is 1. The number of hydrogen-bond donors (Lipinski definition) is 2. The van der Waals surface area contributed by atoms with Crippen LogP contribution in [0.1, 0.15) is 17.3 Å². The Morgan fingerprint density at radius 1 is 1.42 bits per heavy atom. The van der Waals surface area contributed by atoms with Crippen LogP contribution in [0.5, 0.6) is 0 Å². The predicted molar refractivity (Wildman–Crippen MR) is 66.9 cm³/mol. The van der Waals surface area contributed by atoms with E-state index in [4.69, 9.17) is 4.52 Å². The van der Waals surface area contributed by atoms with Crippen molar-refractivity contribution in [1.82, 2.24) is 24.7 Å². The topological polar surface area (TPSA) is 101 Å². The summed E-state index contributed by atoms with van der Waals surface area (Å²) in [4.78, 5) is 15.7. The first-order valence-corrected chi connectivity index (χ1v) is 5.74. The minimum absolute atomic E-state index is 0.293. The first-order valence-electron chi connectivity index (χ1n) is 5.74. The van der Waals surface area contributed by atoms with Gasteiger partial charge in [-0.1, -0.05) is 5.16 Å². The Kier molecular flexibility index (Phi) is 2.55. The Morgan fingerprint density at radius 3 is 3.00 bits per heavy atom. The number of nitrogens with one attached hydrogen (secondary N) is 2. The number of anilines is 1. The SMILES string of the molecule is Cc1cc(CNc2cc3n[nH]c(=O)n3c(C)n2)no1. The molecular formula is C11H12N6O2. The third-order valence-electron chi connectivity index (χ3n) is 2.70. The van der Waals surface area contributed by atoms with E-state index < -0.39 is 0 Å². The molecule has 0 aliphatic carbocycles.